The second kappa shape index (κ2) is 10.2. The van der Waals surface area contributed by atoms with Crippen molar-refractivity contribution >= 4 is 34.3 Å². The Morgan fingerprint density at radius 2 is 1.90 bits per heavy atom. The van der Waals surface area contributed by atoms with Crippen molar-refractivity contribution in [3.05, 3.63) is 47.9 Å². The highest BCUT2D eigenvalue weighted by atomic mass is 35.5. The molecule has 0 fully saturated rings. The lowest BCUT2D eigenvalue weighted by molar-refractivity contribution is 0.158. The lowest BCUT2D eigenvalue weighted by atomic mass is 10.3. The molecule has 0 rings (SSSR count). The van der Waals surface area contributed by atoms with Gasteiger partial charge in [-0.3, -0.25) is 0 Å². The molecule has 0 aromatic carbocycles. The predicted molar refractivity (Wildman–Crippen MR) is 92.8 cm³/mol. The van der Waals surface area contributed by atoms with Crippen LogP contribution in [0.25, 0.3) is 0 Å². The fourth-order valence-corrected chi connectivity index (χ4v) is 1.44. The van der Waals surface area contributed by atoms with Gasteiger partial charge in [-0.2, -0.15) is 0 Å². The molecule has 2 N–H and O–H groups in total. The van der Waals surface area contributed by atoms with Crippen LogP contribution in [0.15, 0.2) is 57.9 Å². The molecule has 0 amide bonds. The van der Waals surface area contributed by atoms with Crippen LogP contribution in [0.4, 0.5) is 0 Å². The summed E-state index contributed by atoms with van der Waals surface area (Å²) in [5, 5.41) is 0.707. The molecule has 0 aliphatic carbocycles. The SMILES string of the molecule is C=C(Cl)/C=C(\C=C/CC(=C)N=C(N)/N=C(\C)Cl)OC(C)C. The Bertz CT molecular complexity index is 499. The highest BCUT2D eigenvalue weighted by molar-refractivity contribution is 6.65. The molecule has 0 aromatic rings. The Hall–Kier alpha value is -1.52. The van der Waals surface area contributed by atoms with Gasteiger partial charge in [-0.15, -0.1) is 0 Å². The van der Waals surface area contributed by atoms with Gasteiger partial charge >= 0.3 is 0 Å². The average molecular weight is 330 g/mol. The van der Waals surface area contributed by atoms with Crippen LogP contribution in [0.1, 0.15) is 27.2 Å². The first kappa shape index (κ1) is 19.5. The van der Waals surface area contributed by atoms with Gasteiger partial charge in [-0.25, -0.2) is 9.98 Å². The molecule has 0 saturated carbocycles. The van der Waals surface area contributed by atoms with E-state index in [1.807, 2.05) is 19.9 Å². The summed E-state index contributed by atoms with van der Waals surface area (Å²) in [6.45, 7) is 12.9. The number of nitrogens with two attached hydrogens (primary N) is 1. The number of guanidine groups is 1. The Morgan fingerprint density at radius 1 is 1.29 bits per heavy atom. The highest BCUT2D eigenvalue weighted by Crippen LogP contribution is 2.12. The fraction of sp³-hybridized carbons (Fsp3) is 0.333. The van der Waals surface area contributed by atoms with E-state index in [-0.39, 0.29) is 12.1 Å². The Kier molecular flexibility index (Phi) is 9.50. The number of nitrogens with zero attached hydrogens (tertiary/aromatic N) is 2. The summed E-state index contributed by atoms with van der Waals surface area (Å²) in [4.78, 5) is 7.81. The molecule has 0 saturated heterocycles. The molecule has 21 heavy (non-hydrogen) atoms. The van der Waals surface area contributed by atoms with Gasteiger partial charge in [0.25, 0.3) is 0 Å². The van der Waals surface area contributed by atoms with Gasteiger partial charge in [0.2, 0.25) is 5.96 Å². The number of rotatable bonds is 7. The van der Waals surface area contributed by atoms with Gasteiger partial charge in [0.1, 0.15) is 10.9 Å². The summed E-state index contributed by atoms with van der Waals surface area (Å²) in [5.74, 6) is 0.689. The van der Waals surface area contributed by atoms with Gasteiger partial charge in [-0.05, 0) is 32.9 Å². The number of ether oxygens (including phenoxy) is 1. The first-order valence-corrected chi connectivity index (χ1v) is 7.08. The number of hydrogen-bond donors (Lipinski definition) is 1. The molecule has 0 aliphatic rings. The van der Waals surface area contributed by atoms with E-state index in [0.717, 1.165) is 0 Å². The van der Waals surface area contributed by atoms with Crippen LogP contribution in [0.5, 0.6) is 0 Å². The summed E-state index contributed by atoms with van der Waals surface area (Å²) in [5.41, 5.74) is 6.12. The second-order valence-electron chi connectivity index (χ2n) is 4.41. The molecule has 0 heterocycles. The van der Waals surface area contributed by atoms with Crippen LogP contribution in [0, 0.1) is 0 Å². The van der Waals surface area contributed by atoms with Crippen molar-refractivity contribution in [2.75, 3.05) is 0 Å². The molecule has 0 atom stereocenters. The summed E-state index contributed by atoms with van der Waals surface area (Å²) in [7, 11) is 0. The van der Waals surface area contributed by atoms with E-state index in [4.69, 9.17) is 33.7 Å². The molecule has 6 heteroatoms. The molecule has 0 bridgehead atoms. The molecule has 4 nitrogen and oxygen atoms in total. The van der Waals surface area contributed by atoms with Crippen LogP contribution in [-0.2, 0) is 4.74 Å². The average Bonchev–Trinajstić information content (AvgIpc) is 2.25. The zero-order valence-electron chi connectivity index (χ0n) is 12.6. The fourth-order valence-electron chi connectivity index (χ4n) is 1.25. The van der Waals surface area contributed by atoms with Crippen molar-refractivity contribution in [3.63, 3.8) is 0 Å². The summed E-state index contributed by atoms with van der Waals surface area (Å²) >= 11 is 11.3. The molecular formula is C15H21Cl2N3O. The maximum atomic E-state index is 5.75. The molecular weight excluding hydrogens is 309 g/mol. The van der Waals surface area contributed by atoms with Crippen LogP contribution in [0.2, 0.25) is 0 Å². The molecule has 0 unspecified atom stereocenters. The van der Waals surface area contributed by atoms with E-state index in [0.29, 0.717) is 28.1 Å². The summed E-state index contributed by atoms with van der Waals surface area (Å²) in [6, 6.07) is 0. The Balaban J connectivity index is 4.69. The minimum Gasteiger partial charge on any atom is -0.491 e. The summed E-state index contributed by atoms with van der Waals surface area (Å²) in [6.07, 6.45) is 5.78. The monoisotopic (exact) mass is 329 g/mol. The number of halogens is 2. The zero-order chi connectivity index (χ0) is 16.4. The van der Waals surface area contributed by atoms with Crippen molar-refractivity contribution in [3.8, 4) is 0 Å². The third kappa shape index (κ3) is 12.0. The van der Waals surface area contributed by atoms with Crippen molar-refractivity contribution in [1.82, 2.24) is 0 Å². The largest absolute Gasteiger partial charge is 0.491 e. The second-order valence-corrected chi connectivity index (χ2v) is 5.44. The van der Waals surface area contributed by atoms with Gasteiger partial charge in [-0.1, -0.05) is 42.4 Å². The van der Waals surface area contributed by atoms with Crippen LogP contribution >= 0.6 is 23.2 Å². The Morgan fingerprint density at radius 3 is 2.38 bits per heavy atom. The van der Waals surface area contributed by atoms with Crippen LogP contribution in [0.3, 0.4) is 0 Å². The quantitative estimate of drug-likeness (QED) is 0.324. The molecule has 0 aliphatic heterocycles. The maximum absolute atomic E-state index is 5.75. The zero-order valence-corrected chi connectivity index (χ0v) is 14.1. The lowest BCUT2D eigenvalue weighted by Gasteiger charge is -2.10. The third-order valence-electron chi connectivity index (χ3n) is 1.85. The predicted octanol–water partition coefficient (Wildman–Crippen LogP) is 4.48. The van der Waals surface area contributed by atoms with Crippen molar-refractivity contribution < 1.29 is 4.74 Å². The van der Waals surface area contributed by atoms with Gasteiger partial charge in [0.15, 0.2) is 0 Å². The number of aliphatic imine (C=N–C) groups is 2. The Labute approximate surface area is 136 Å². The minimum absolute atomic E-state index is 0.0369. The van der Waals surface area contributed by atoms with E-state index < -0.39 is 0 Å². The standard InChI is InChI=1S/C15H21Cl2N3O/c1-10(2)21-14(9-11(3)16)8-6-7-12(4)19-15(18)20-13(5)17/h6,8-10H,3-4,7H2,1-2,5H3,(H2,18,19)/b8-6-,14-9+,20-13+. The van der Waals surface area contributed by atoms with Crippen molar-refractivity contribution in [2.24, 2.45) is 15.7 Å². The molecule has 0 spiro atoms. The van der Waals surface area contributed by atoms with E-state index >= 15 is 0 Å². The maximum Gasteiger partial charge on any atom is 0.221 e. The summed E-state index contributed by atoms with van der Waals surface area (Å²) < 4.78 is 5.58. The number of hydrogen-bond acceptors (Lipinski definition) is 2. The van der Waals surface area contributed by atoms with E-state index in [1.54, 1.807) is 19.1 Å². The smallest absolute Gasteiger partial charge is 0.221 e. The molecule has 0 aromatic heterocycles. The van der Waals surface area contributed by atoms with Crippen molar-refractivity contribution in [2.45, 2.75) is 33.3 Å². The lowest BCUT2D eigenvalue weighted by Crippen LogP contribution is -2.09. The van der Waals surface area contributed by atoms with E-state index in [9.17, 15) is 0 Å². The van der Waals surface area contributed by atoms with E-state index in [2.05, 4.69) is 23.1 Å². The van der Waals surface area contributed by atoms with Crippen molar-refractivity contribution in [1.29, 1.82) is 0 Å². The topological polar surface area (TPSA) is 60.0 Å². The van der Waals surface area contributed by atoms with Crippen LogP contribution < -0.4 is 5.73 Å². The first-order valence-electron chi connectivity index (χ1n) is 6.32. The molecule has 0 radical (unpaired) electrons. The van der Waals surface area contributed by atoms with Gasteiger partial charge < -0.3 is 10.5 Å². The normalized spacial score (nSPS) is 13.9. The van der Waals surface area contributed by atoms with Gasteiger partial charge in [0.05, 0.1) is 6.10 Å². The van der Waals surface area contributed by atoms with Crippen LogP contribution in [-0.4, -0.2) is 17.2 Å². The highest BCUT2D eigenvalue weighted by Gasteiger charge is 1.99. The third-order valence-corrected chi connectivity index (χ3v) is 2.04. The first-order chi connectivity index (χ1) is 9.70. The van der Waals surface area contributed by atoms with E-state index in [1.165, 1.54) is 0 Å². The minimum atomic E-state index is 0.0369. The number of allylic oxidation sites excluding steroid dienone is 4. The molecule has 116 valence electrons. The van der Waals surface area contributed by atoms with Gasteiger partial charge in [0, 0.05) is 17.2 Å².